The Hall–Kier alpha value is -0.800. The number of hydrogen-bond acceptors (Lipinski definition) is 3. The van der Waals surface area contributed by atoms with Crippen LogP contribution in [0, 0.1) is 6.92 Å². The SMILES string of the molecule is CCCCCCCc1cc(C)oc1COCOC. The highest BCUT2D eigenvalue weighted by molar-refractivity contribution is 5.20. The van der Waals surface area contributed by atoms with Crippen LogP contribution in [0.3, 0.4) is 0 Å². The Balaban J connectivity index is 2.33. The second-order valence-electron chi connectivity index (χ2n) is 4.72. The zero-order valence-electron chi connectivity index (χ0n) is 12.0. The van der Waals surface area contributed by atoms with Gasteiger partial charge in [-0.2, -0.15) is 0 Å². The van der Waals surface area contributed by atoms with E-state index in [-0.39, 0.29) is 0 Å². The third kappa shape index (κ3) is 5.69. The lowest BCUT2D eigenvalue weighted by Crippen LogP contribution is -1.98. The van der Waals surface area contributed by atoms with Gasteiger partial charge in [0.25, 0.3) is 0 Å². The van der Waals surface area contributed by atoms with Gasteiger partial charge in [0.1, 0.15) is 24.9 Å². The number of rotatable bonds is 10. The number of furan rings is 1. The molecule has 3 heteroatoms. The fourth-order valence-corrected chi connectivity index (χ4v) is 2.09. The highest BCUT2D eigenvalue weighted by atomic mass is 16.7. The zero-order valence-corrected chi connectivity index (χ0v) is 12.0. The molecule has 0 N–H and O–H groups in total. The van der Waals surface area contributed by atoms with Gasteiger partial charge in [-0.25, -0.2) is 0 Å². The topological polar surface area (TPSA) is 31.6 Å². The van der Waals surface area contributed by atoms with E-state index >= 15 is 0 Å². The van der Waals surface area contributed by atoms with E-state index in [1.807, 2.05) is 6.92 Å². The summed E-state index contributed by atoms with van der Waals surface area (Å²) >= 11 is 0. The van der Waals surface area contributed by atoms with Crippen molar-refractivity contribution >= 4 is 0 Å². The van der Waals surface area contributed by atoms with Crippen molar-refractivity contribution < 1.29 is 13.9 Å². The normalized spacial score (nSPS) is 11.1. The van der Waals surface area contributed by atoms with Gasteiger partial charge in [0, 0.05) is 7.11 Å². The van der Waals surface area contributed by atoms with Crippen LogP contribution in [0.5, 0.6) is 0 Å². The van der Waals surface area contributed by atoms with Gasteiger partial charge in [0.15, 0.2) is 0 Å². The highest BCUT2D eigenvalue weighted by Gasteiger charge is 2.08. The first-order valence-corrected chi connectivity index (χ1v) is 6.92. The highest BCUT2D eigenvalue weighted by Crippen LogP contribution is 2.19. The summed E-state index contributed by atoms with van der Waals surface area (Å²) in [5.74, 6) is 1.93. The van der Waals surface area contributed by atoms with Gasteiger partial charge >= 0.3 is 0 Å². The molecular formula is C15H26O3. The Labute approximate surface area is 110 Å². The molecule has 3 nitrogen and oxygen atoms in total. The average Bonchev–Trinajstić information content (AvgIpc) is 2.70. The summed E-state index contributed by atoms with van der Waals surface area (Å²) in [4.78, 5) is 0. The summed E-state index contributed by atoms with van der Waals surface area (Å²) in [6.45, 7) is 5.05. The molecule has 1 aromatic rings. The molecule has 104 valence electrons. The minimum Gasteiger partial charge on any atom is -0.464 e. The standard InChI is InChI=1S/C15H26O3/c1-4-5-6-7-8-9-14-10-13(2)18-15(14)11-17-12-16-3/h10H,4-9,11-12H2,1-3H3. The van der Waals surface area contributed by atoms with Crippen molar-refractivity contribution in [2.45, 2.75) is 59.0 Å². The van der Waals surface area contributed by atoms with Crippen molar-refractivity contribution in [1.82, 2.24) is 0 Å². The molecule has 1 rings (SSSR count). The molecular weight excluding hydrogens is 228 g/mol. The molecule has 0 saturated carbocycles. The van der Waals surface area contributed by atoms with Gasteiger partial charge in [0.2, 0.25) is 0 Å². The molecule has 0 unspecified atom stereocenters. The van der Waals surface area contributed by atoms with Crippen LogP contribution in [0.2, 0.25) is 0 Å². The fraction of sp³-hybridized carbons (Fsp3) is 0.733. The second kappa shape index (κ2) is 9.17. The Morgan fingerprint density at radius 2 is 1.94 bits per heavy atom. The molecule has 0 aliphatic carbocycles. The summed E-state index contributed by atoms with van der Waals surface area (Å²) in [6, 6.07) is 2.13. The number of unbranched alkanes of at least 4 members (excludes halogenated alkanes) is 4. The van der Waals surface area contributed by atoms with E-state index in [1.165, 1.54) is 37.7 Å². The van der Waals surface area contributed by atoms with Crippen LogP contribution in [-0.4, -0.2) is 13.9 Å². The van der Waals surface area contributed by atoms with E-state index in [0.717, 1.165) is 17.9 Å². The maximum absolute atomic E-state index is 5.66. The largest absolute Gasteiger partial charge is 0.464 e. The molecule has 0 radical (unpaired) electrons. The summed E-state index contributed by atoms with van der Waals surface area (Å²) in [7, 11) is 1.63. The lowest BCUT2D eigenvalue weighted by molar-refractivity contribution is -0.0444. The van der Waals surface area contributed by atoms with Gasteiger partial charge in [0.05, 0.1) is 0 Å². The Kier molecular flexibility index (Phi) is 7.78. The number of methoxy groups -OCH3 is 1. The molecule has 0 bridgehead atoms. The quantitative estimate of drug-likeness (QED) is 0.463. The number of aryl methyl sites for hydroxylation is 2. The van der Waals surface area contributed by atoms with E-state index in [9.17, 15) is 0 Å². The monoisotopic (exact) mass is 254 g/mol. The van der Waals surface area contributed by atoms with Crippen molar-refractivity contribution in [1.29, 1.82) is 0 Å². The number of ether oxygens (including phenoxy) is 2. The molecule has 18 heavy (non-hydrogen) atoms. The Bertz CT molecular complexity index is 318. The Morgan fingerprint density at radius 1 is 1.17 bits per heavy atom. The van der Waals surface area contributed by atoms with Gasteiger partial charge in [-0.05, 0) is 31.4 Å². The molecule has 0 aromatic carbocycles. The van der Waals surface area contributed by atoms with Gasteiger partial charge < -0.3 is 13.9 Å². The maximum atomic E-state index is 5.66. The van der Waals surface area contributed by atoms with E-state index in [4.69, 9.17) is 13.9 Å². The predicted octanol–water partition coefficient (Wildman–Crippen LogP) is 4.22. The summed E-state index contributed by atoms with van der Waals surface area (Å²) in [5.41, 5.74) is 1.29. The minimum atomic E-state index is 0.315. The lowest BCUT2D eigenvalue weighted by atomic mass is 10.1. The van der Waals surface area contributed by atoms with E-state index in [1.54, 1.807) is 7.11 Å². The summed E-state index contributed by atoms with van der Waals surface area (Å²) < 4.78 is 15.9. The van der Waals surface area contributed by atoms with E-state index < -0.39 is 0 Å². The lowest BCUT2D eigenvalue weighted by Gasteiger charge is -2.04. The predicted molar refractivity (Wildman–Crippen MR) is 72.6 cm³/mol. The molecule has 0 aliphatic rings. The van der Waals surface area contributed by atoms with Crippen molar-refractivity contribution in [3.8, 4) is 0 Å². The van der Waals surface area contributed by atoms with Gasteiger partial charge in [-0.1, -0.05) is 32.6 Å². The van der Waals surface area contributed by atoms with Crippen LogP contribution in [0.15, 0.2) is 10.5 Å². The average molecular weight is 254 g/mol. The smallest absolute Gasteiger partial charge is 0.146 e. The van der Waals surface area contributed by atoms with Crippen LogP contribution >= 0.6 is 0 Å². The molecule has 0 amide bonds. The third-order valence-electron chi connectivity index (χ3n) is 3.00. The van der Waals surface area contributed by atoms with Crippen molar-refractivity contribution in [2.75, 3.05) is 13.9 Å². The molecule has 0 atom stereocenters. The van der Waals surface area contributed by atoms with Crippen LogP contribution < -0.4 is 0 Å². The fourth-order valence-electron chi connectivity index (χ4n) is 2.09. The molecule has 0 fully saturated rings. The molecule has 1 aromatic heterocycles. The third-order valence-corrected chi connectivity index (χ3v) is 3.00. The maximum Gasteiger partial charge on any atom is 0.146 e. The summed E-state index contributed by atoms with van der Waals surface area (Å²) in [6.07, 6.45) is 7.59. The van der Waals surface area contributed by atoms with E-state index in [2.05, 4.69) is 13.0 Å². The van der Waals surface area contributed by atoms with E-state index in [0.29, 0.717) is 13.4 Å². The first kappa shape index (κ1) is 15.3. The minimum absolute atomic E-state index is 0.315. The number of hydrogen-bond donors (Lipinski definition) is 0. The molecule has 0 saturated heterocycles. The second-order valence-corrected chi connectivity index (χ2v) is 4.72. The molecule has 0 spiro atoms. The van der Waals surface area contributed by atoms with Crippen LogP contribution in [-0.2, 0) is 22.5 Å². The van der Waals surface area contributed by atoms with Gasteiger partial charge in [-0.15, -0.1) is 0 Å². The van der Waals surface area contributed by atoms with Crippen LogP contribution in [0.25, 0.3) is 0 Å². The zero-order chi connectivity index (χ0) is 13.2. The van der Waals surface area contributed by atoms with Crippen LogP contribution in [0.1, 0.15) is 56.1 Å². The van der Waals surface area contributed by atoms with Crippen molar-refractivity contribution in [3.05, 3.63) is 23.2 Å². The summed E-state index contributed by atoms with van der Waals surface area (Å²) in [5, 5.41) is 0. The van der Waals surface area contributed by atoms with Crippen molar-refractivity contribution in [3.63, 3.8) is 0 Å². The Morgan fingerprint density at radius 3 is 2.67 bits per heavy atom. The van der Waals surface area contributed by atoms with Crippen molar-refractivity contribution in [2.24, 2.45) is 0 Å². The molecule has 1 heterocycles. The first-order chi connectivity index (χ1) is 8.77. The first-order valence-electron chi connectivity index (χ1n) is 6.92. The van der Waals surface area contributed by atoms with Gasteiger partial charge in [-0.3, -0.25) is 0 Å². The molecule has 0 aliphatic heterocycles. The van der Waals surface area contributed by atoms with Crippen LogP contribution in [0.4, 0.5) is 0 Å².